The predicted octanol–water partition coefficient (Wildman–Crippen LogP) is 2.79. The van der Waals surface area contributed by atoms with E-state index in [1.807, 2.05) is 18.2 Å². The number of ether oxygens (including phenoxy) is 1. The highest BCUT2D eigenvalue weighted by atomic mass is 32.1. The number of piperazine rings is 1. The molecule has 0 saturated carbocycles. The van der Waals surface area contributed by atoms with Gasteiger partial charge in [0.25, 0.3) is 0 Å². The van der Waals surface area contributed by atoms with Crippen molar-refractivity contribution in [3.8, 4) is 5.75 Å². The lowest BCUT2D eigenvalue weighted by Gasteiger charge is -2.36. The number of benzene rings is 1. The fraction of sp³-hybridized carbons (Fsp3) is 0.500. The zero-order valence-corrected chi connectivity index (χ0v) is 16.6. The smallest absolute Gasteiger partial charge is 0.240 e. The Morgan fingerprint density at radius 3 is 2.74 bits per heavy atom. The number of para-hydroxylation sites is 2. The van der Waals surface area contributed by atoms with E-state index in [9.17, 15) is 4.79 Å². The lowest BCUT2D eigenvalue weighted by molar-refractivity contribution is -0.117. The molecule has 2 heterocycles. The summed E-state index contributed by atoms with van der Waals surface area (Å²) in [4.78, 5) is 22.9. The number of nitrogens with zero attached hydrogens (tertiary/aromatic N) is 3. The second kappa shape index (κ2) is 8.27. The SMILES string of the molecule is COc1ccccc1N1CCN(CC(=O)Nc2nc3c(s2)CCCC3)CC1. The molecule has 1 aliphatic carbocycles. The second-order valence-corrected chi connectivity index (χ2v) is 8.16. The van der Waals surface area contributed by atoms with E-state index in [4.69, 9.17) is 4.74 Å². The van der Waals surface area contributed by atoms with E-state index in [0.29, 0.717) is 6.54 Å². The maximum absolute atomic E-state index is 12.4. The number of aromatic nitrogens is 1. The predicted molar refractivity (Wildman–Crippen MR) is 109 cm³/mol. The van der Waals surface area contributed by atoms with Crippen molar-refractivity contribution in [3.63, 3.8) is 0 Å². The first-order valence-corrected chi connectivity index (χ1v) is 10.4. The van der Waals surface area contributed by atoms with E-state index in [2.05, 4.69) is 26.2 Å². The number of rotatable bonds is 5. The van der Waals surface area contributed by atoms with E-state index < -0.39 is 0 Å². The highest BCUT2D eigenvalue weighted by Gasteiger charge is 2.22. The standard InChI is InChI=1S/C20H26N4O2S/c1-26-17-8-4-3-7-16(17)24-12-10-23(11-13-24)14-19(25)22-20-21-15-6-2-5-9-18(15)27-20/h3-4,7-8H,2,5-6,9-14H2,1H3,(H,21,22,25). The number of carbonyl (C=O) groups is 1. The molecule has 27 heavy (non-hydrogen) atoms. The number of nitrogens with one attached hydrogen (secondary N) is 1. The number of methoxy groups -OCH3 is 1. The van der Waals surface area contributed by atoms with E-state index >= 15 is 0 Å². The Morgan fingerprint density at radius 1 is 1.19 bits per heavy atom. The van der Waals surface area contributed by atoms with Gasteiger partial charge in [-0.15, -0.1) is 11.3 Å². The molecule has 6 nitrogen and oxygen atoms in total. The number of hydrogen-bond acceptors (Lipinski definition) is 6. The van der Waals surface area contributed by atoms with Crippen molar-refractivity contribution in [1.29, 1.82) is 0 Å². The number of carbonyl (C=O) groups excluding carboxylic acids is 1. The molecule has 1 amide bonds. The first-order chi connectivity index (χ1) is 13.2. The van der Waals surface area contributed by atoms with Crippen LogP contribution in [-0.4, -0.2) is 55.6 Å². The van der Waals surface area contributed by atoms with Gasteiger partial charge in [0.1, 0.15) is 5.75 Å². The van der Waals surface area contributed by atoms with Gasteiger partial charge in [0.15, 0.2) is 5.13 Å². The zero-order chi connectivity index (χ0) is 18.6. The summed E-state index contributed by atoms with van der Waals surface area (Å²) in [5.74, 6) is 0.934. The molecular weight excluding hydrogens is 360 g/mol. The third-order valence-corrected chi connectivity index (χ3v) is 6.33. The molecule has 0 unspecified atom stereocenters. The Kier molecular flexibility index (Phi) is 5.59. The van der Waals surface area contributed by atoms with Crippen molar-refractivity contribution >= 4 is 28.1 Å². The highest BCUT2D eigenvalue weighted by molar-refractivity contribution is 7.15. The Morgan fingerprint density at radius 2 is 1.96 bits per heavy atom. The van der Waals surface area contributed by atoms with Gasteiger partial charge in [0, 0.05) is 31.1 Å². The molecule has 4 rings (SSSR count). The third-order valence-electron chi connectivity index (χ3n) is 5.26. The number of thiazole rings is 1. The topological polar surface area (TPSA) is 57.7 Å². The normalized spacial score (nSPS) is 17.4. The van der Waals surface area contributed by atoms with Crippen LogP contribution in [0.25, 0.3) is 0 Å². The molecule has 0 atom stereocenters. The van der Waals surface area contributed by atoms with Crippen LogP contribution in [0.3, 0.4) is 0 Å². The molecule has 0 spiro atoms. The van der Waals surface area contributed by atoms with Gasteiger partial charge in [-0.3, -0.25) is 9.69 Å². The molecule has 1 aromatic carbocycles. The molecule has 1 saturated heterocycles. The van der Waals surface area contributed by atoms with E-state index in [1.54, 1.807) is 18.4 Å². The Bertz CT molecular complexity index is 776. The van der Waals surface area contributed by atoms with Gasteiger partial charge < -0.3 is 15.0 Å². The van der Waals surface area contributed by atoms with E-state index in [1.165, 1.54) is 23.4 Å². The fourth-order valence-electron chi connectivity index (χ4n) is 3.81. The molecule has 7 heteroatoms. The number of anilines is 2. The first-order valence-electron chi connectivity index (χ1n) is 9.61. The minimum absolute atomic E-state index is 0.0341. The van der Waals surface area contributed by atoms with Crippen LogP contribution in [0.2, 0.25) is 0 Å². The lowest BCUT2D eigenvalue weighted by Crippen LogP contribution is -2.48. The molecule has 1 N–H and O–H groups in total. The molecule has 1 aliphatic heterocycles. The largest absolute Gasteiger partial charge is 0.495 e. The average molecular weight is 387 g/mol. The first kappa shape index (κ1) is 18.3. The Balaban J connectivity index is 1.29. The maximum atomic E-state index is 12.4. The van der Waals surface area contributed by atoms with Gasteiger partial charge >= 0.3 is 0 Å². The maximum Gasteiger partial charge on any atom is 0.240 e. The van der Waals surface area contributed by atoms with Crippen LogP contribution >= 0.6 is 11.3 Å². The highest BCUT2D eigenvalue weighted by Crippen LogP contribution is 2.30. The minimum atomic E-state index is 0.0341. The van der Waals surface area contributed by atoms with Crippen LogP contribution in [0.15, 0.2) is 24.3 Å². The van der Waals surface area contributed by atoms with Crippen LogP contribution in [-0.2, 0) is 17.6 Å². The fourth-order valence-corrected chi connectivity index (χ4v) is 4.87. The van der Waals surface area contributed by atoms with Crippen molar-refractivity contribution in [3.05, 3.63) is 34.8 Å². The number of fused-ring (bicyclic) bond motifs is 1. The summed E-state index contributed by atoms with van der Waals surface area (Å²) < 4.78 is 5.47. The van der Waals surface area contributed by atoms with Crippen molar-refractivity contribution in [2.45, 2.75) is 25.7 Å². The summed E-state index contributed by atoms with van der Waals surface area (Å²) in [7, 11) is 1.70. The van der Waals surface area contributed by atoms with Gasteiger partial charge in [-0.05, 0) is 37.8 Å². The zero-order valence-electron chi connectivity index (χ0n) is 15.7. The summed E-state index contributed by atoms with van der Waals surface area (Å²) in [6, 6.07) is 8.10. The quantitative estimate of drug-likeness (QED) is 0.856. The molecule has 144 valence electrons. The summed E-state index contributed by atoms with van der Waals surface area (Å²) in [5.41, 5.74) is 2.31. The van der Waals surface area contributed by atoms with Crippen LogP contribution < -0.4 is 15.0 Å². The molecule has 0 bridgehead atoms. The molecule has 0 radical (unpaired) electrons. The third kappa shape index (κ3) is 4.25. The minimum Gasteiger partial charge on any atom is -0.495 e. The van der Waals surface area contributed by atoms with Crippen LogP contribution in [0.1, 0.15) is 23.4 Å². The van der Waals surface area contributed by atoms with E-state index in [-0.39, 0.29) is 5.91 Å². The Hall–Kier alpha value is -2.12. The van der Waals surface area contributed by atoms with Gasteiger partial charge in [0.2, 0.25) is 5.91 Å². The number of hydrogen-bond donors (Lipinski definition) is 1. The molecule has 1 fully saturated rings. The number of aryl methyl sites for hydroxylation is 2. The van der Waals surface area contributed by atoms with Crippen LogP contribution in [0.5, 0.6) is 5.75 Å². The van der Waals surface area contributed by atoms with Crippen molar-refractivity contribution in [2.75, 3.05) is 50.1 Å². The summed E-state index contributed by atoms with van der Waals surface area (Å²) in [6.07, 6.45) is 4.60. The summed E-state index contributed by atoms with van der Waals surface area (Å²) in [5, 5.41) is 3.76. The van der Waals surface area contributed by atoms with Gasteiger partial charge in [-0.2, -0.15) is 0 Å². The van der Waals surface area contributed by atoms with Crippen molar-refractivity contribution < 1.29 is 9.53 Å². The van der Waals surface area contributed by atoms with Crippen molar-refractivity contribution in [1.82, 2.24) is 9.88 Å². The monoisotopic (exact) mass is 386 g/mol. The molecule has 2 aromatic rings. The molecular formula is C20H26N4O2S. The lowest BCUT2D eigenvalue weighted by atomic mass is 10.0. The van der Waals surface area contributed by atoms with Crippen LogP contribution in [0, 0.1) is 0 Å². The van der Waals surface area contributed by atoms with Gasteiger partial charge in [0.05, 0.1) is 25.0 Å². The van der Waals surface area contributed by atoms with Crippen molar-refractivity contribution in [2.24, 2.45) is 0 Å². The number of amides is 1. The van der Waals surface area contributed by atoms with Gasteiger partial charge in [-0.1, -0.05) is 12.1 Å². The van der Waals surface area contributed by atoms with Crippen LogP contribution in [0.4, 0.5) is 10.8 Å². The summed E-state index contributed by atoms with van der Waals surface area (Å²) in [6.45, 7) is 3.92. The average Bonchev–Trinajstić information content (AvgIpc) is 3.10. The Labute approximate surface area is 164 Å². The second-order valence-electron chi connectivity index (χ2n) is 7.08. The molecule has 2 aliphatic rings. The van der Waals surface area contributed by atoms with Gasteiger partial charge in [-0.25, -0.2) is 4.98 Å². The molecule has 1 aromatic heterocycles. The van der Waals surface area contributed by atoms with E-state index in [0.717, 1.165) is 55.6 Å². The summed E-state index contributed by atoms with van der Waals surface area (Å²) >= 11 is 1.64.